The second-order valence-corrected chi connectivity index (χ2v) is 8.00. The van der Waals surface area contributed by atoms with Crippen LogP contribution < -0.4 is 4.74 Å². The molecule has 0 saturated carbocycles. The highest BCUT2D eigenvalue weighted by atomic mass is 32.2. The molecular formula is C18H21FN2O6S. The minimum absolute atomic E-state index is 0.0148. The zero-order chi connectivity index (χ0) is 20.0. The van der Waals surface area contributed by atoms with Crippen molar-refractivity contribution in [2.45, 2.75) is 11.3 Å². The molecule has 0 radical (unpaired) electrons. The summed E-state index contributed by atoms with van der Waals surface area (Å²) in [6, 6.07) is 6.88. The molecule has 3 rings (SSSR count). The lowest BCUT2D eigenvalue weighted by Gasteiger charge is -2.25. The molecule has 1 saturated heterocycles. The van der Waals surface area contributed by atoms with Gasteiger partial charge >= 0.3 is 5.97 Å². The number of hydrogen-bond donors (Lipinski definition) is 1. The highest BCUT2D eigenvalue weighted by molar-refractivity contribution is 7.89. The van der Waals surface area contributed by atoms with Crippen molar-refractivity contribution in [3.8, 4) is 5.75 Å². The maximum atomic E-state index is 12.8. The molecule has 1 N–H and O–H groups in total. The smallest absolute Gasteiger partial charge is 0.354 e. The summed E-state index contributed by atoms with van der Waals surface area (Å²) in [5.41, 5.74) is 0.0614. The van der Waals surface area contributed by atoms with Crippen molar-refractivity contribution >= 4 is 16.0 Å². The first kappa shape index (κ1) is 20.3. The minimum Gasteiger partial charge on any atom is -0.493 e. The summed E-state index contributed by atoms with van der Waals surface area (Å²) in [6.45, 7) is 1.64. The van der Waals surface area contributed by atoms with Crippen LogP contribution in [0, 0.1) is 5.82 Å². The maximum absolute atomic E-state index is 12.8. The van der Waals surface area contributed by atoms with Gasteiger partial charge in [0.15, 0.2) is 0 Å². The SMILES string of the molecule is O=C(OCCCOc1ccc(F)cc1)c1cc(S(=O)(=O)N2CCOCC2)c[nH]1. The number of carbonyl (C=O) groups is 1. The average Bonchev–Trinajstić information content (AvgIpc) is 3.21. The Balaban J connectivity index is 1.45. The van der Waals surface area contributed by atoms with E-state index in [-0.39, 0.29) is 36.1 Å². The minimum atomic E-state index is -3.67. The number of carbonyl (C=O) groups excluding carboxylic acids is 1. The fourth-order valence-electron chi connectivity index (χ4n) is 2.60. The summed E-state index contributed by atoms with van der Waals surface area (Å²) in [5.74, 6) is -0.470. The number of hydrogen-bond acceptors (Lipinski definition) is 6. The molecule has 152 valence electrons. The number of ether oxygens (including phenoxy) is 3. The number of aromatic amines is 1. The van der Waals surface area contributed by atoms with Crippen LogP contribution in [0.25, 0.3) is 0 Å². The van der Waals surface area contributed by atoms with Gasteiger partial charge in [0.05, 0.1) is 26.4 Å². The largest absolute Gasteiger partial charge is 0.493 e. The fourth-order valence-corrected chi connectivity index (χ4v) is 4.00. The van der Waals surface area contributed by atoms with Crippen molar-refractivity contribution in [3.05, 3.63) is 48.0 Å². The second kappa shape index (κ2) is 9.18. The van der Waals surface area contributed by atoms with Gasteiger partial charge in [0, 0.05) is 25.7 Å². The Kier molecular flexibility index (Phi) is 6.65. The molecule has 0 unspecified atom stereocenters. The van der Waals surface area contributed by atoms with Gasteiger partial charge in [0.25, 0.3) is 0 Å². The predicted molar refractivity (Wildman–Crippen MR) is 97.2 cm³/mol. The number of rotatable bonds is 8. The van der Waals surface area contributed by atoms with Gasteiger partial charge in [-0.15, -0.1) is 0 Å². The van der Waals surface area contributed by atoms with E-state index in [1.54, 1.807) is 0 Å². The number of H-pyrrole nitrogens is 1. The van der Waals surface area contributed by atoms with E-state index >= 15 is 0 Å². The van der Waals surface area contributed by atoms with E-state index in [0.29, 0.717) is 32.0 Å². The zero-order valence-electron chi connectivity index (χ0n) is 15.1. The van der Waals surface area contributed by atoms with Gasteiger partial charge in [-0.05, 0) is 30.3 Å². The number of morpholine rings is 1. The summed E-state index contributed by atoms with van der Waals surface area (Å²) in [5, 5.41) is 0. The molecule has 1 aromatic heterocycles. The van der Waals surface area contributed by atoms with Crippen LogP contribution in [0.15, 0.2) is 41.4 Å². The van der Waals surface area contributed by atoms with Gasteiger partial charge < -0.3 is 19.2 Å². The van der Waals surface area contributed by atoms with Gasteiger partial charge in [0.2, 0.25) is 10.0 Å². The summed E-state index contributed by atoms with van der Waals surface area (Å²) in [4.78, 5) is 14.7. The van der Waals surface area contributed by atoms with Crippen LogP contribution in [-0.2, 0) is 19.5 Å². The molecule has 10 heteroatoms. The van der Waals surface area contributed by atoms with Crippen LogP contribution in [0.5, 0.6) is 5.75 Å². The number of halogens is 1. The van der Waals surface area contributed by atoms with E-state index in [1.807, 2.05) is 0 Å². The third-order valence-electron chi connectivity index (χ3n) is 4.09. The Morgan fingerprint density at radius 3 is 2.61 bits per heavy atom. The molecule has 0 atom stereocenters. The lowest BCUT2D eigenvalue weighted by Crippen LogP contribution is -2.40. The number of benzene rings is 1. The van der Waals surface area contributed by atoms with E-state index in [4.69, 9.17) is 14.2 Å². The monoisotopic (exact) mass is 412 g/mol. The molecule has 8 nitrogen and oxygen atoms in total. The third kappa shape index (κ3) is 5.09. The van der Waals surface area contributed by atoms with Crippen molar-refractivity contribution in [1.29, 1.82) is 0 Å². The number of sulfonamides is 1. The van der Waals surface area contributed by atoms with Gasteiger partial charge in [-0.3, -0.25) is 0 Å². The first-order chi connectivity index (χ1) is 13.5. The lowest BCUT2D eigenvalue weighted by atomic mass is 10.3. The lowest BCUT2D eigenvalue weighted by molar-refractivity contribution is 0.0480. The fraction of sp³-hybridized carbons (Fsp3) is 0.389. The van der Waals surface area contributed by atoms with Gasteiger partial charge in [-0.2, -0.15) is 4.31 Å². The van der Waals surface area contributed by atoms with Gasteiger partial charge in [-0.1, -0.05) is 0 Å². The molecule has 1 fully saturated rings. The molecular weight excluding hydrogens is 391 g/mol. The highest BCUT2D eigenvalue weighted by Gasteiger charge is 2.28. The third-order valence-corrected chi connectivity index (χ3v) is 5.96. The van der Waals surface area contributed by atoms with E-state index in [2.05, 4.69) is 4.98 Å². The molecule has 1 aliphatic rings. The number of nitrogens with one attached hydrogen (secondary N) is 1. The Hall–Kier alpha value is -2.43. The standard InChI is InChI=1S/C18H21FN2O6S/c19-14-2-4-15(5-3-14)26-8-1-9-27-18(22)17-12-16(13-20-17)28(23,24)21-6-10-25-11-7-21/h2-5,12-13,20H,1,6-11H2. The van der Waals surface area contributed by atoms with Crippen LogP contribution >= 0.6 is 0 Å². The maximum Gasteiger partial charge on any atom is 0.354 e. The molecule has 0 spiro atoms. The van der Waals surface area contributed by atoms with Gasteiger partial charge in [-0.25, -0.2) is 17.6 Å². The van der Waals surface area contributed by atoms with E-state index < -0.39 is 16.0 Å². The summed E-state index contributed by atoms with van der Waals surface area (Å²) in [7, 11) is -3.67. The molecule has 2 heterocycles. The number of aromatic nitrogens is 1. The summed E-state index contributed by atoms with van der Waals surface area (Å²) in [6.07, 6.45) is 1.71. The van der Waals surface area contributed by atoms with E-state index in [1.165, 1.54) is 40.8 Å². The van der Waals surface area contributed by atoms with Crippen molar-refractivity contribution in [2.75, 3.05) is 39.5 Å². The zero-order valence-corrected chi connectivity index (χ0v) is 15.9. The highest BCUT2D eigenvalue weighted by Crippen LogP contribution is 2.18. The molecule has 0 amide bonds. The number of nitrogens with zero attached hydrogens (tertiary/aromatic N) is 1. The van der Waals surface area contributed by atoms with E-state index in [0.717, 1.165) is 0 Å². The molecule has 0 aliphatic carbocycles. The van der Waals surface area contributed by atoms with Crippen LogP contribution in [0.4, 0.5) is 4.39 Å². The van der Waals surface area contributed by atoms with Crippen LogP contribution in [0.3, 0.4) is 0 Å². The molecule has 1 aromatic carbocycles. The van der Waals surface area contributed by atoms with Crippen molar-refractivity contribution < 1.29 is 31.8 Å². The van der Waals surface area contributed by atoms with Crippen molar-refractivity contribution in [1.82, 2.24) is 9.29 Å². The first-order valence-corrected chi connectivity index (χ1v) is 10.2. The van der Waals surface area contributed by atoms with Crippen LogP contribution in [0.2, 0.25) is 0 Å². The average molecular weight is 412 g/mol. The van der Waals surface area contributed by atoms with Crippen LogP contribution in [0.1, 0.15) is 16.9 Å². The Morgan fingerprint density at radius 1 is 1.18 bits per heavy atom. The Morgan fingerprint density at radius 2 is 1.89 bits per heavy atom. The van der Waals surface area contributed by atoms with Crippen molar-refractivity contribution in [3.63, 3.8) is 0 Å². The molecule has 0 bridgehead atoms. The van der Waals surface area contributed by atoms with E-state index in [9.17, 15) is 17.6 Å². The number of esters is 1. The Bertz CT molecular complexity index is 891. The predicted octanol–water partition coefficient (Wildman–Crippen LogP) is 1.80. The first-order valence-electron chi connectivity index (χ1n) is 8.78. The second-order valence-electron chi connectivity index (χ2n) is 6.06. The topological polar surface area (TPSA) is 97.9 Å². The molecule has 2 aromatic rings. The summed E-state index contributed by atoms with van der Waals surface area (Å²) < 4.78 is 54.9. The van der Waals surface area contributed by atoms with Crippen molar-refractivity contribution in [2.24, 2.45) is 0 Å². The summed E-state index contributed by atoms with van der Waals surface area (Å²) >= 11 is 0. The van der Waals surface area contributed by atoms with Gasteiger partial charge in [0.1, 0.15) is 22.2 Å². The molecule has 28 heavy (non-hydrogen) atoms. The van der Waals surface area contributed by atoms with Crippen LogP contribution in [-0.4, -0.2) is 63.2 Å². The quantitative estimate of drug-likeness (QED) is 0.525. The molecule has 1 aliphatic heterocycles. The Labute approximate surface area is 162 Å². The normalized spacial score (nSPS) is 15.3.